The minimum Gasteiger partial charge on any atom is -0.270 e. The summed E-state index contributed by atoms with van der Waals surface area (Å²) in [6.07, 6.45) is 5.88. The smallest absolute Gasteiger partial charge is 0.270 e. The van der Waals surface area contributed by atoms with Crippen molar-refractivity contribution in [3.8, 4) is 0 Å². The van der Waals surface area contributed by atoms with Crippen molar-refractivity contribution in [2.75, 3.05) is 6.61 Å². The molecule has 1 aromatic carbocycles. The zero-order valence-corrected chi connectivity index (χ0v) is 11.4. The van der Waals surface area contributed by atoms with Crippen molar-refractivity contribution in [2.45, 2.75) is 37.9 Å². The molecular formula is C14H20O3S. The van der Waals surface area contributed by atoms with Crippen molar-refractivity contribution in [3.05, 3.63) is 35.9 Å². The summed E-state index contributed by atoms with van der Waals surface area (Å²) >= 11 is 0. The molecule has 1 aliphatic carbocycles. The Balaban J connectivity index is 1.77. The van der Waals surface area contributed by atoms with E-state index in [1.807, 2.05) is 18.2 Å². The van der Waals surface area contributed by atoms with E-state index in [1.54, 1.807) is 12.1 Å². The Kier molecular flexibility index (Phi) is 4.78. The second-order valence-electron chi connectivity index (χ2n) is 4.95. The first-order valence-electron chi connectivity index (χ1n) is 6.57. The molecule has 0 unspecified atom stereocenters. The van der Waals surface area contributed by atoms with Crippen LogP contribution >= 0.6 is 0 Å². The maximum atomic E-state index is 11.8. The molecular weight excluding hydrogens is 248 g/mol. The first kappa shape index (κ1) is 13.6. The van der Waals surface area contributed by atoms with Gasteiger partial charge in [0.15, 0.2) is 0 Å². The van der Waals surface area contributed by atoms with Crippen molar-refractivity contribution in [3.63, 3.8) is 0 Å². The van der Waals surface area contributed by atoms with Crippen LogP contribution in [-0.4, -0.2) is 15.0 Å². The molecule has 0 N–H and O–H groups in total. The van der Waals surface area contributed by atoms with Gasteiger partial charge >= 0.3 is 0 Å². The first-order valence-corrected chi connectivity index (χ1v) is 8.14. The van der Waals surface area contributed by atoms with E-state index in [2.05, 4.69) is 0 Å². The molecule has 2 rings (SSSR count). The predicted octanol–water partition coefficient (Wildman–Crippen LogP) is 3.11. The minimum absolute atomic E-state index is 0.0293. The molecule has 0 radical (unpaired) electrons. The van der Waals surface area contributed by atoms with E-state index < -0.39 is 10.1 Å². The van der Waals surface area contributed by atoms with E-state index in [4.69, 9.17) is 4.18 Å². The van der Waals surface area contributed by atoms with Crippen molar-refractivity contribution in [1.29, 1.82) is 0 Å². The van der Waals surface area contributed by atoms with Crippen molar-refractivity contribution in [2.24, 2.45) is 5.92 Å². The van der Waals surface area contributed by atoms with Crippen LogP contribution in [0.15, 0.2) is 30.3 Å². The van der Waals surface area contributed by atoms with Gasteiger partial charge in [0, 0.05) is 0 Å². The highest BCUT2D eigenvalue weighted by Crippen LogP contribution is 2.27. The molecule has 18 heavy (non-hydrogen) atoms. The summed E-state index contributed by atoms with van der Waals surface area (Å²) in [5.74, 6) is 0.635. The maximum Gasteiger partial charge on any atom is 0.271 e. The quantitative estimate of drug-likeness (QED) is 0.745. The van der Waals surface area contributed by atoms with Gasteiger partial charge in [-0.05, 0) is 17.9 Å². The lowest BCUT2D eigenvalue weighted by Gasteiger charge is -2.09. The number of hydrogen-bond acceptors (Lipinski definition) is 3. The highest BCUT2D eigenvalue weighted by molar-refractivity contribution is 7.85. The number of benzene rings is 1. The molecule has 0 atom stereocenters. The first-order chi connectivity index (χ1) is 8.66. The highest BCUT2D eigenvalue weighted by atomic mass is 32.2. The molecule has 1 aromatic rings. The Labute approximate surface area is 109 Å². The van der Waals surface area contributed by atoms with Crippen LogP contribution in [-0.2, 0) is 20.1 Å². The molecule has 0 spiro atoms. The normalized spacial score (nSPS) is 17.1. The summed E-state index contributed by atoms with van der Waals surface area (Å²) in [5.41, 5.74) is 0.776. The molecule has 1 aliphatic rings. The lowest BCUT2D eigenvalue weighted by molar-refractivity contribution is 0.282. The summed E-state index contributed by atoms with van der Waals surface area (Å²) in [4.78, 5) is 0. The van der Waals surface area contributed by atoms with E-state index in [0.717, 1.165) is 12.0 Å². The third-order valence-electron chi connectivity index (χ3n) is 3.45. The molecule has 1 saturated carbocycles. The third kappa shape index (κ3) is 4.42. The molecule has 0 amide bonds. The Hall–Kier alpha value is -0.870. The van der Waals surface area contributed by atoms with Crippen LogP contribution in [0.1, 0.15) is 37.7 Å². The van der Waals surface area contributed by atoms with Gasteiger partial charge in [-0.15, -0.1) is 0 Å². The molecule has 1 fully saturated rings. The fourth-order valence-corrected chi connectivity index (χ4v) is 3.50. The number of hydrogen-bond donors (Lipinski definition) is 0. The van der Waals surface area contributed by atoms with Crippen LogP contribution in [0, 0.1) is 5.92 Å². The molecule has 4 heteroatoms. The average Bonchev–Trinajstić information content (AvgIpc) is 2.82. The van der Waals surface area contributed by atoms with E-state index in [0.29, 0.717) is 12.5 Å². The van der Waals surface area contributed by atoms with E-state index in [-0.39, 0.29) is 5.75 Å². The molecule has 0 saturated heterocycles. The minimum atomic E-state index is -3.43. The van der Waals surface area contributed by atoms with Gasteiger partial charge in [-0.25, -0.2) is 0 Å². The highest BCUT2D eigenvalue weighted by Gasteiger charge is 2.17. The Morgan fingerprint density at radius 2 is 1.78 bits per heavy atom. The zero-order chi connectivity index (χ0) is 12.8. The summed E-state index contributed by atoms with van der Waals surface area (Å²) in [7, 11) is -3.43. The largest absolute Gasteiger partial charge is 0.271 e. The second kappa shape index (κ2) is 6.34. The lowest BCUT2D eigenvalue weighted by atomic mass is 10.1. The molecule has 3 nitrogen and oxygen atoms in total. The Bertz CT molecular complexity index is 447. The van der Waals surface area contributed by atoms with Gasteiger partial charge < -0.3 is 0 Å². The van der Waals surface area contributed by atoms with Gasteiger partial charge in [0.1, 0.15) is 5.75 Å². The van der Waals surface area contributed by atoms with Gasteiger partial charge in [0.05, 0.1) is 6.61 Å². The van der Waals surface area contributed by atoms with E-state index in [9.17, 15) is 8.42 Å². The molecule has 100 valence electrons. The van der Waals surface area contributed by atoms with Crippen molar-refractivity contribution in [1.82, 2.24) is 0 Å². The van der Waals surface area contributed by atoms with Gasteiger partial charge in [-0.1, -0.05) is 56.0 Å². The Morgan fingerprint density at radius 1 is 1.11 bits per heavy atom. The van der Waals surface area contributed by atoms with Gasteiger partial charge in [0.25, 0.3) is 10.1 Å². The number of rotatable bonds is 6. The SMILES string of the molecule is O=S(=O)(Cc1ccccc1)OCCC1CCCC1. The van der Waals surface area contributed by atoms with Crippen LogP contribution in [0.5, 0.6) is 0 Å². The molecule has 0 aromatic heterocycles. The van der Waals surface area contributed by atoms with Gasteiger partial charge in [-0.3, -0.25) is 4.18 Å². The zero-order valence-electron chi connectivity index (χ0n) is 10.5. The van der Waals surface area contributed by atoms with E-state index in [1.165, 1.54) is 25.7 Å². The third-order valence-corrected chi connectivity index (χ3v) is 4.66. The summed E-state index contributed by atoms with van der Waals surface area (Å²) in [6.45, 7) is 0.333. The standard InChI is InChI=1S/C14H20O3S/c15-18(16,12-14-8-2-1-3-9-14)17-11-10-13-6-4-5-7-13/h1-3,8-9,13H,4-7,10-12H2. The fraction of sp³-hybridized carbons (Fsp3) is 0.571. The summed E-state index contributed by atoms with van der Waals surface area (Å²) < 4.78 is 28.6. The van der Waals surface area contributed by atoms with Crippen LogP contribution in [0.25, 0.3) is 0 Å². The fourth-order valence-electron chi connectivity index (χ4n) is 2.46. The van der Waals surface area contributed by atoms with Gasteiger partial charge in [0.2, 0.25) is 0 Å². The summed E-state index contributed by atoms with van der Waals surface area (Å²) in [6, 6.07) is 9.15. The predicted molar refractivity (Wildman–Crippen MR) is 71.6 cm³/mol. The van der Waals surface area contributed by atoms with Crippen LogP contribution in [0.4, 0.5) is 0 Å². The lowest BCUT2D eigenvalue weighted by Crippen LogP contribution is -2.11. The Morgan fingerprint density at radius 3 is 2.44 bits per heavy atom. The average molecular weight is 268 g/mol. The van der Waals surface area contributed by atoms with E-state index >= 15 is 0 Å². The van der Waals surface area contributed by atoms with Crippen LogP contribution in [0.2, 0.25) is 0 Å². The van der Waals surface area contributed by atoms with Gasteiger partial charge in [-0.2, -0.15) is 8.42 Å². The van der Waals surface area contributed by atoms with Crippen LogP contribution in [0.3, 0.4) is 0 Å². The van der Waals surface area contributed by atoms with Crippen molar-refractivity contribution >= 4 is 10.1 Å². The monoisotopic (exact) mass is 268 g/mol. The second-order valence-corrected chi connectivity index (χ2v) is 6.59. The molecule has 0 heterocycles. The maximum absolute atomic E-state index is 11.8. The molecule has 0 aliphatic heterocycles. The summed E-state index contributed by atoms with van der Waals surface area (Å²) in [5, 5.41) is 0. The van der Waals surface area contributed by atoms with Crippen LogP contribution < -0.4 is 0 Å². The van der Waals surface area contributed by atoms with Crippen molar-refractivity contribution < 1.29 is 12.6 Å². The topological polar surface area (TPSA) is 43.4 Å². The molecule has 0 bridgehead atoms.